The van der Waals surface area contributed by atoms with Crippen molar-refractivity contribution in [2.24, 2.45) is 0 Å². The lowest BCUT2D eigenvalue weighted by molar-refractivity contribution is -0.142. The minimum Gasteiger partial charge on any atom is -0.461 e. The average molecular weight is 692 g/mol. The van der Waals surface area contributed by atoms with E-state index >= 15 is 0 Å². The minimum absolute atomic E-state index is 0.130. The van der Waals surface area contributed by atoms with Gasteiger partial charge >= 0.3 is 12.1 Å². The molecule has 0 atom stereocenters. The number of hydrogen-bond acceptors (Lipinski definition) is 8. The summed E-state index contributed by atoms with van der Waals surface area (Å²) in [6.45, 7) is 4.35. The van der Waals surface area contributed by atoms with E-state index in [9.17, 15) is 14.4 Å². The highest BCUT2D eigenvalue weighted by molar-refractivity contribution is 8.00. The number of carbonyl (C=O) groups is 3. The van der Waals surface area contributed by atoms with Gasteiger partial charge in [0.25, 0.3) is 5.91 Å². The van der Waals surface area contributed by atoms with E-state index in [0.29, 0.717) is 34.7 Å². The van der Waals surface area contributed by atoms with Gasteiger partial charge in [0.15, 0.2) is 0 Å². The van der Waals surface area contributed by atoms with Gasteiger partial charge in [0.1, 0.15) is 12.3 Å². The highest BCUT2D eigenvalue weighted by atomic mass is 32.2. The number of amides is 2. The second-order valence-corrected chi connectivity index (χ2v) is 12.9. The smallest absolute Gasteiger partial charge is 0.411 e. The van der Waals surface area contributed by atoms with Crippen molar-refractivity contribution in [2.75, 3.05) is 17.7 Å². The summed E-state index contributed by atoms with van der Waals surface area (Å²) in [5, 5.41) is 13.7. The number of nitrogens with zero attached hydrogens (tertiary/aromatic N) is 3. The molecule has 5 rings (SSSR count). The van der Waals surface area contributed by atoms with Crippen LogP contribution in [0.4, 0.5) is 10.5 Å². The second kappa shape index (κ2) is 17.8. The van der Waals surface area contributed by atoms with Gasteiger partial charge in [-0.2, -0.15) is 0 Å². The van der Waals surface area contributed by atoms with Gasteiger partial charge < -0.3 is 14.8 Å². The van der Waals surface area contributed by atoms with Crippen molar-refractivity contribution in [3.8, 4) is 0 Å². The SMILES string of the molecule is CCCn1cc(CNC(=O)c2ccc(NC(=O)OCCCSC(c3ccccc3)(c3ccccc3)c3ccccc3)c(COC(C)=O)c2)nn1. The molecule has 11 heteroatoms. The molecule has 1 aromatic heterocycles. The van der Waals surface area contributed by atoms with Crippen LogP contribution in [-0.4, -0.2) is 45.3 Å². The van der Waals surface area contributed by atoms with Gasteiger partial charge in [-0.3, -0.25) is 19.6 Å². The van der Waals surface area contributed by atoms with Crippen LogP contribution in [0.15, 0.2) is 115 Å². The number of esters is 1. The summed E-state index contributed by atoms with van der Waals surface area (Å²) in [5.74, 6) is -0.121. The maximum absolute atomic E-state index is 12.9. The van der Waals surface area contributed by atoms with Crippen LogP contribution in [0.25, 0.3) is 0 Å². The van der Waals surface area contributed by atoms with Crippen LogP contribution in [0.2, 0.25) is 0 Å². The molecule has 10 nitrogen and oxygen atoms in total. The van der Waals surface area contributed by atoms with Crippen LogP contribution in [0.1, 0.15) is 65.0 Å². The first kappa shape index (κ1) is 35.9. The lowest BCUT2D eigenvalue weighted by Crippen LogP contribution is -2.26. The van der Waals surface area contributed by atoms with Crippen LogP contribution in [-0.2, 0) is 38.7 Å². The van der Waals surface area contributed by atoms with E-state index in [1.54, 1.807) is 40.8 Å². The van der Waals surface area contributed by atoms with Crippen molar-refractivity contribution in [1.29, 1.82) is 0 Å². The molecular formula is C39H41N5O5S. The Hall–Kier alpha value is -5.42. The Morgan fingerprint density at radius 3 is 2.04 bits per heavy atom. The fraction of sp³-hybridized carbons (Fsp3) is 0.256. The molecule has 0 aliphatic rings. The summed E-state index contributed by atoms with van der Waals surface area (Å²) in [7, 11) is 0. The van der Waals surface area contributed by atoms with Crippen molar-refractivity contribution >= 4 is 35.4 Å². The molecule has 0 saturated carbocycles. The Balaban J connectivity index is 1.21. The zero-order valence-electron chi connectivity index (χ0n) is 28.2. The fourth-order valence-corrected chi connectivity index (χ4v) is 7.03. The summed E-state index contributed by atoms with van der Waals surface area (Å²) in [4.78, 5) is 37.4. The molecule has 0 saturated heterocycles. The van der Waals surface area contributed by atoms with E-state index < -0.39 is 16.8 Å². The van der Waals surface area contributed by atoms with Gasteiger partial charge in [-0.05, 0) is 53.5 Å². The fourth-order valence-electron chi connectivity index (χ4n) is 5.55. The third-order valence-electron chi connectivity index (χ3n) is 7.89. The maximum atomic E-state index is 12.9. The molecule has 0 radical (unpaired) electrons. The summed E-state index contributed by atoms with van der Waals surface area (Å²) in [6, 6.07) is 36.1. The monoisotopic (exact) mass is 691 g/mol. The van der Waals surface area contributed by atoms with Crippen LogP contribution < -0.4 is 10.6 Å². The van der Waals surface area contributed by atoms with E-state index in [0.717, 1.165) is 13.0 Å². The molecule has 258 valence electrons. The third-order valence-corrected chi connectivity index (χ3v) is 9.52. The summed E-state index contributed by atoms with van der Waals surface area (Å²) >= 11 is 1.80. The third kappa shape index (κ3) is 9.38. The first-order chi connectivity index (χ1) is 24.4. The van der Waals surface area contributed by atoms with Crippen LogP contribution in [0, 0.1) is 0 Å². The number of rotatable bonds is 16. The van der Waals surface area contributed by atoms with Gasteiger partial charge in [-0.1, -0.05) is 103 Å². The number of carbonyl (C=O) groups excluding carboxylic acids is 3. The molecule has 4 aromatic carbocycles. The highest BCUT2D eigenvalue weighted by Gasteiger charge is 2.36. The Labute approximate surface area is 296 Å². The molecule has 0 fully saturated rings. The first-order valence-corrected chi connectivity index (χ1v) is 17.6. The lowest BCUT2D eigenvalue weighted by atomic mass is 9.84. The average Bonchev–Trinajstić information content (AvgIpc) is 3.60. The van der Waals surface area contributed by atoms with E-state index in [-0.39, 0.29) is 25.7 Å². The largest absolute Gasteiger partial charge is 0.461 e. The van der Waals surface area contributed by atoms with E-state index in [1.807, 2.05) is 25.1 Å². The van der Waals surface area contributed by atoms with Crippen molar-refractivity contribution in [3.05, 3.63) is 149 Å². The molecule has 0 unspecified atom stereocenters. The molecule has 5 aromatic rings. The van der Waals surface area contributed by atoms with Crippen LogP contribution in [0.3, 0.4) is 0 Å². The quantitative estimate of drug-likeness (QED) is 0.0626. The van der Waals surface area contributed by atoms with Crippen molar-refractivity contribution < 1.29 is 23.9 Å². The van der Waals surface area contributed by atoms with Crippen LogP contribution in [0.5, 0.6) is 0 Å². The Morgan fingerprint density at radius 1 is 0.840 bits per heavy atom. The number of ether oxygens (including phenoxy) is 2. The molecule has 50 heavy (non-hydrogen) atoms. The van der Waals surface area contributed by atoms with Gasteiger partial charge in [0.05, 0.1) is 29.8 Å². The Morgan fingerprint density at radius 2 is 1.46 bits per heavy atom. The van der Waals surface area contributed by atoms with Gasteiger partial charge in [-0.25, -0.2) is 4.79 Å². The predicted molar refractivity (Wildman–Crippen MR) is 195 cm³/mol. The number of hydrogen-bond donors (Lipinski definition) is 2. The molecule has 2 amide bonds. The highest BCUT2D eigenvalue weighted by Crippen LogP contribution is 2.48. The second-order valence-electron chi connectivity index (χ2n) is 11.6. The molecular weight excluding hydrogens is 651 g/mol. The summed E-state index contributed by atoms with van der Waals surface area (Å²) < 4.78 is 12.1. The molecule has 0 bridgehead atoms. The summed E-state index contributed by atoms with van der Waals surface area (Å²) in [5.41, 5.74) is 5.29. The van der Waals surface area contributed by atoms with Crippen molar-refractivity contribution in [1.82, 2.24) is 20.3 Å². The van der Waals surface area contributed by atoms with Gasteiger partial charge in [0, 0.05) is 24.6 Å². The molecule has 1 heterocycles. The number of aryl methyl sites for hydroxylation is 1. The van der Waals surface area contributed by atoms with Gasteiger partial charge in [0.2, 0.25) is 0 Å². The van der Waals surface area contributed by atoms with Crippen LogP contribution >= 0.6 is 11.8 Å². The number of nitrogens with one attached hydrogen (secondary N) is 2. The number of anilines is 1. The topological polar surface area (TPSA) is 124 Å². The van der Waals surface area contributed by atoms with E-state index in [2.05, 4.69) is 93.7 Å². The Bertz CT molecular complexity index is 1750. The molecule has 0 aliphatic carbocycles. The number of benzene rings is 4. The normalized spacial score (nSPS) is 11.1. The molecule has 0 aliphatic heterocycles. The standard InChI is InChI=1S/C39H41N5O5S/c1-3-22-44-27-35(42-43-44)26-40-37(46)30-20-21-36(31(25-30)28-49-29(2)45)41-38(47)48-23-13-24-50-39(32-14-7-4-8-15-32,33-16-9-5-10-17-33)34-18-11-6-12-19-34/h4-12,14-21,25,27H,3,13,22-24,26,28H2,1-2H3,(H,40,46)(H,41,47). The zero-order valence-corrected chi connectivity index (χ0v) is 29.0. The maximum Gasteiger partial charge on any atom is 0.411 e. The van der Waals surface area contributed by atoms with E-state index in [4.69, 9.17) is 9.47 Å². The first-order valence-electron chi connectivity index (χ1n) is 16.6. The number of thioether (sulfide) groups is 1. The number of aromatic nitrogens is 3. The molecule has 2 N–H and O–H groups in total. The predicted octanol–water partition coefficient (Wildman–Crippen LogP) is 7.35. The van der Waals surface area contributed by atoms with Gasteiger partial charge in [-0.15, -0.1) is 16.9 Å². The molecule has 0 spiro atoms. The minimum atomic E-state index is -0.646. The van der Waals surface area contributed by atoms with Crippen molar-refractivity contribution in [3.63, 3.8) is 0 Å². The lowest BCUT2D eigenvalue weighted by Gasteiger charge is -2.35. The summed E-state index contributed by atoms with van der Waals surface area (Å²) in [6.07, 6.45) is 2.68. The zero-order chi connectivity index (χ0) is 35.2. The van der Waals surface area contributed by atoms with Crippen molar-refractivity contribution in [2.45, 2.75) is 51.1 Å². The Kier molecular flexibility index (Phi) is 12.8. The van der Waals surface area contributed by atoms with E-state index in [1.165, 1.54) is 23.6 Å².